The highest BCUT2D eigenvalue weighted by Crippen LogP contribution is 2.49. The monoisotopic (exact) mass is 398 g/mol. The van der Waals surface area contributed by atoms with E-state index in [0.717, 1.165) is 11.1 Å². The largest absolute Gasteiger partial charge is 0.475 e. The van der Waals surface area contributed by atoms with Gasteiger partial charge in [0.1, 0.15) is 0 Å². The molecule has 0 unspecified atom stereocenters. The summed E-state index contributed by atoms with van der Waals surface area (Å²) in [7, 11) is -3.38. The van der Waals surface area contributed by atoms with Crippen molar-refractivity contribution in [2.45, 2.75) is 20.5 Å². The van der Waals surface area contributed by atoms with Crippen molar-refractivity contribution in [3.8, 4) is 0 Å². The molecule has 2 rings (SSSR count). The second-order valence-electron chi connectivity index (χ2n) is 4.71. The zero-order valence-corrected chi connectivity index (χ0v) is 16.9. The van der Waals surface area contributed by atoms with Crippen LogP contribution in [0.3, 0.4) is 0 Å². The standard InChI is InChI=1S/C11H17O4P.C7H6S2/c1-3-13-16(12,14-4-2)15-10-11-8-6-5-7-9-11;8-7(9)6-4-2-1-3-5-6/h5-9H,3-4,10H2,1-2H3;1-5H,(H,8,9). The summed E-state index contributed by atoms with van der Waals surface area (Å²) in [5.74, 6) is 0. The predicted molar refractivity (Wildman–Crippen MR) is 109 cm³/mol. The number of benzene rings is 2. The molecule has 0 N–H and O–H groups in total. The van der Waals surface area contributed by atoms with Crippen molar-refractivity contribution in [1.29, 1.82) is 0 Å². The first-order valence-corrected chi connectivity index (χ1v) is 10.2. The van der Waals surface area contributed by atoms with Crippen molar-refractivity contribution in [1.82, 2.24) is 0 Å². The molecule has 0 atom stereocenters. The van der Waals surface area contributed by atoms with Gasteiger partial charge >= 0.3 is 7.82 Å². The first-order chi connectivity index (χ1) is 12.0. The van der Waals surface area contributed by atoms with E-state index in [1.807, 2.05) is 60.7 Å². The molecule has 0 spiro atoms. The van der Waals surface area contributed by atoms with Gasteiger partial charge in [0.25, 0.3) is 0 Å². The molecule has 0 saturated carbocycles. The first-order valence-electron chi connectivity index (χ1n) is 7.86. The van der Waals surface area contributed by atoms with E-state index in [9.17, 15) is 4.57 Å². The average Bonchev–Trinajstić information content (AvgIpc) is 2.63. The van der Waals surface area contributed by atoms with Crippen LogP contribution >= 0.6 is 32.7 Å². The highest BCUT2D eigenvalue weighted by molar-refractivity contribution is 8.11. The normalized spacial score (nSPS) is 10.7. The fourth-order valence-electron chi connectivity index (χ4n) is 1.74. The maximum Gasteiger partial charge on any atom is 0.475 e. The van der Waals surface area contributed by atoms with E-state index in [0.29, 0.717) is 17.4 Å². The Morgan fingerprint density at radius 3 is 1.80 bits per heavy atom. The lowest BCUT2D eigenvalue weighted by molar-refractivity contribution is 0.116. The third-order valence-corrected chi connectivity index (χ3v) is 4.92. The van der Waals surface area contributed by atoms with Crippen LogP contribution in [0.15, 0.2) is 60.7 Å². The van der Waals surface area contributed by atoms with Crippen LogP contribution in [0.1, 0.15) is 25.0 Å². The van der Waals surface area contributed by atoms with E-state index in [-0.39, 0.29) is 6.61 Å². The van der Waals surface area contributed by atoms with Crippen LogP contribution < -0.4 is 0 Å². The molecule has 0 bridgehead atoms. The quantitative estimate of drug-likeness (QED) is 0.352. The number of thiol groups is 1. The smallest absolute Gasteiger partial charge is 0.287 e. The minimum absolute atomic E-state index is 0.220. The zero-order valence-electron chi connectivity index (χ0n) is 14.3. The highest BCUT2D eigenvalue weighted by atomic mass is 32.1. The van der Waals surface area contributed by atoms with Crippen LogP contribution in [0.5, 0.6) is 0 Å². The third-order valence-electron chi connectivity index (χ3n) is 2.83. The zero-order chi connectivity index (χ0) is 18.5. The maximum absolute atomic E-state index is 11.9. The van der Waals surface area contributed by atoms with Gasteiger partial charge < -0.3 is 0 Å². The number of rotatable bonds is 8. The fourth-order valence-corrected chi connectivity index (χ4v) is 3.18. The van der Waals surface area contributed by atoms with Crippen molar-refractivity contribution >= 4 is 36.9 Å². The first kappa shape index (κ1) is 22.0. The van der Waals surface area contributed by atoms with Gasteiger partial charge in [0, 0.05) is 0 Å². The summed E-state index contributed by atoms with van der Waals surface area (Å²) in [5.41, 5.74) is 1.94. The van der Waals surface area contributed by atoms with Crippen LogP contribution in [-0.4, -0.2) is 17.4 Å². The van der Waals surface area contributed by atoms with E-state index < -0.39 is 7.82 Å². The summed E-state index contributed by atoms with van der Waals surface area (Å²) >= 11 is 8.85. The lowest BCUT2D eigenvalue weighted by Crippen LogP contribution is -2.00. The van der Waals surface area contributed by atoms with E-state index >= 15 is 0 Å². The van der Waals surface area contributed by atoms with Gasteiger partial charge in [-0.3, -0.25) is 13.6 Å². The summed E-state index contributed by atoms with van der Waals surface area (Å²) < 4.78 is 27.8. The third kappa shape index (κ3) is 9.31. The summed E-state index contributed by atoms with van der Waals surface area (Å²) in [6.45, 7) is 4.31. The lowest BCUT2D eigenvalue weighted by atomic mass is 10.2. The summed E-state index contributed by atoms with van der Waals surface area (Å²) in [6.07, 6.45) is 0. The number of phosphoric acid groups is 1. The number of thiocarbonyl (C=S) groups is 1. The van der Waals surface area contributed by atoms with Crippen molar-refractivity contribution < 1.29 is 18.1 Å². The Morgan fingerprint density at radius 1 is 0.920 bits per heavy atom. The molecule has 0 saturated heterocycles. The van der Waals surface area contributed by atoms with Crippen LogP contribution in [0.4, 0.5) is 0 Å². The molecule has 0 heterocycles. The number of phosphoric ester groups is 1. The molecular formula is C18H23O4PS2. The van der Waals surface area contributed by atoms with Gasteiger partial charge in [-0.2, -0.15) is 0 Å². The highest BCUT2D eigenvalue weighted by Gasteiger charge is 2.25. The van der Waals surface area contributed by atoms with E-state index in [1.54, 1.807) is 13.8 Å². The molecule has 0 aliphatic carbocycles. The molecule has 25 heavy (non-hydrogen) atoms. The Labute approximate surface area is 160 Å². The SMILES string of the molecule is CCOP(=O)(OCC)OCc1ccccc1.S=C(S)c1ccccc1. The molecule has 136 valence electrons. The summed E-state index contributed by atoms with van der Waals surface area (Å²) in [4.78, 5) is 0. The van der Waals surface area contributed by atoms with Crippen molar-refractivity contribution in [3.05, 3.63) is 71.8 Å². The Kier molecular flexibility index (Phi) is 10.9. The Hall–Kier alpha value is -1.01. The molecule has 2 aromatic rings. The van der Waals surface area contributed by atoms with Crippen LogP contribution in [-0.2, 0) is 24.7 Å². The Bertz CT molecular complexity index is 655. The van der Waals surface area contributed by atoms with Crippen LogP contribution in [0.2, 0.25) is 0 Å². The predicted octanol–water partition coefficient (Wildman–Crippen LogP) is 5.68. The van der Waals surface area contributed by atoms with Crippen molar-refractivity contribution in [3.63, 3.8) is 0 Å². The number of hydrogen-bond donors (Lipinski definition) is 1. The molecule has 0 fully saturated rings. The van der Waals surface area contributed by atoms with Crippen LogP contribution in [0, 0.1) is 0 Å². The Balaban J connectivity index is 0.000000293. The van der Waals surface area contributed by atoms with E-state index in [1.165, 1.54) is 0 Å². The molecule has 0 amide bonds. The topological polar surface area (TPSA) is 44.8 Å². The molecule has 4 nitrogen and oxygen atoms in total. The summed E-state index contributed by atoms with van der Waals surface area (Å²) in [5, 5.41) is 0. The Morgan fingerprint density at radius 2 is 1.40 bits per heavy atom. The molecule has 0 aromatic heterocycles. The van der Waals surface area contributed by atoms with Gasteiger partial charge in [-0.05, 0) is 25.0 Å². The van der Waals surface area contributed by atoms with Gasteiger partial charge in [0.15, 0.2) is 0 Å². The van der Waals surface area contributed by atoms with Gasteiger partial charge in [-0.1, -0.05) is 72.9 Å². The van der Waals surface area contributed by atoms with Gasteiger partial charge in [0.2, 0.25) is 0 Å². The second-order valence-corrected chi connectivity index (χ2v) is 7.54. The van der Waals surface area contributed by atoms with E-state index in [2.05, 4.69) is 12.6 Å². The van der Waals surface area contributed by atoms with Gasteiger partial charge in [0.05, 0.1) is 24.0 Å². The average molecular weight is 398 g/mol. The molecular weight excluding hydrogens is 375 g/mol. The van der Waals surface area contributed by atoms with Crippen molar-refractivity contribution in [2.24, 2.45) is 0 Å². The minimum Gasteiger partial charge on any atom is -0.287 e. The molecule has 7 heteroatoms. The van der Waals surface area contributed by atoms with E-state index in [4.69, 9.17) is 25.8 Å². The molecule has 0 aliphatic rings. The van der Waals surface area contributed by atoms with Crippen LogP contribution in [0.25, 0.3) is 0 Å². The molecule has 2 aromatic carbocycles. The van der Waals surface area contributed by atoms with Crippen molar-refractivity contribution in [2.75, 3.05) is 13.2 Å². The number of hydrogen-bond acceptors (Lipinski definition) is 5. The summed E-state index contributed by atoms with van der Waals surface area (Å²) in [6, 6.07) is 19.2. The van der Waals surface area contributed by atoms with Gasteiger partial charge in [-0.25, -0.2) is 4.57 Å². The lowest BCUT2D eigenvalue weighted by Gasteiger charge is -2.16. The molecule has 0 radical (unpaired) electrons. The second kappa shape index (κ2) is 12.4. The maximum atomic E-state index is 11.9. The minimum atomic E-state index is -3.38. The fraction of sp³-hybridized carbons (Fsp3) is 0.278. The van der Waals surface area contributed by atoms with Gasteiger partial charge in [-0.15, -0.1) is 12.6 Å². The molecule has 0 aliphatic heterocycles.